The lowest BCUT2D eigenvalue weighted by Gasteiger charge is -2.08. The van der Waals surface area contributed by atoms with Crippen LogP contribution in [0.1, 0.15) is 18.6 Å². The van der Waals surface area contributed by atoms with Gasteiger partial charge < -0.3 is 9.84 Å². The summed E-state index contributed by atoms with van der Waals surface area (Å²) in [6.45, 7) is 1.63. The van der Waals surface area contributed by atoms with Crippen LogP contribution in [0.5, 0.6) is 11.6 Å². The fourth-order valence-electron chi connectivity index (χ4n) is 1.50. The molecular formula is C13H11ClN2O4. The van der Waals surface area contributed by atoms with Gasteiger partial charge in [0.05, 0.1) is 16.0 Å². The molecule has 1 N–H and O–H groups in total. The van der Waals surface area contributed by atoms with Crippen LogP contribution in [0.3, 0.4) is 0 Å². The van der Waals surface area contributed by atoms with E-state index in [1.54, 1.807) is 19.1 Å². The number of non-ortho nitro benzene ring substituents is 1. The first-order valence-electron chi connectivity index (χ1n) is 5.73. The first-order chi connectivity index (χ1) is 9.47. The highest BCUT2D eigenvalue weighted by Gasteiger charge is 2.11. The summed E-state index contributed by atoms with van der Waals surface area (Å²) in [6, 6.07) is 7.17. The van der Waals surface area contributed by atoms with Crippen LogP contribution in [0, 0.1) is 10.1 Å². The summed E-state index contributed by atoms with van der Waals surface area (Å²) in [4.78, 5) is 14.1. The van der Waals surface area contributed by atoms with Crippen molar-refractivity contribution >= 4 is 17.3 Å². The van der Waals surface area contributed by atoms with Gasteiger partial charge in [0.1, 0.15) is 5.75 Å². The van der Waals surface area contributed by atoms with Crippen molar-refractivity contribution in [2.45, 2.75) is 13.0 Å². The van der Waals surface area contributed by atoms with Crippen molar-refractivity contribution in [2.24, 2.45) is 0 Å². The van der Waals surface area contributed by atoms with Gasteiger partial charge in [0.2, 0.25) is 5.88 Å². The van der Waals surface area contributed by atoms with Crippen molar-refractivity contribution in [1.29, 1.82) is 0 Å². The number of halogens is 1. The van der Waals surface area contributed by atoms with Gasteiger partial charge >= 0.3 is 0 Å². The van der Waals surface area contributed by atoms with E-state index in [9.17, 15) is 15.2 Å². The van der Waals surface area contributed by atoms with Gasteiger partial charge in [-0.15, -0.1) is 0 Å². The standard InChI is InChI=1S/C13H11ClN2O4/c1-8(17)9-2-5-13(15-7-9)20-12-4-3-10(16(18)19)6-11(12)14/h2-8,17H,1H3/t8-/m0/s1. The first kappa shape index (κ1) is 14.2. The van der Waals surface area contributed by atoms with Crippen LogP contribution < -0.4 is 4.74 Å². The maximum Gasteiger partial charge on any atom is 0.271 e. The summed E-state index contributed by atoms with van der Waals surface area (Å²) in [6.07, 6.45) is 0.874. The number of nitro groups is 1. The number of rotatable bonds is 4. The predicted molar refractivity (Wildman–Crippen MR) is 73.1 cm³/mol. The monoisotopic (exact) mass is 294 g/mol. The van der Waals surface area contributed by atoms with Gasteiger partial charge in [0.15, 0.2) is 0 Å². The molecule has 0 saturated carbocycles. The van der Waals surface area contributed by atoms with Crippen molar-refractivity contribution in [3.8, 4) is 11.6 Å². The van der Waals surface area contributed by atoms with Gasteiger partial charge in [0, 0.05) is 24.4 Å². The molecule has 0 aliphatic heterocycles. The minimum atomic E-state index is -0.612. The molecule has 0 amide bonds. The molecule has 0 unspecified atom stereocenters. The van der Waals surface area contributed by atoms with Gasteiger partial charge in [-0.1, -0.05) is 11.6 Å². The quantitative estimate of drug-likeness (QED) is 0.689. The SMILES string of the molecule is C[C@H](O)c1ccc(Oc2ccc([N+](=O)[O-])cc2Cl)nc1. The number of nitro benzene ring substituents is 1. The predicted octanol–water partition coefficient (Wildman–Crippen LogP) is 3.49. The molecule has 2 rings (SSSR count). The fourth-order valence-corrected chi connectivity index (χ4v) is 1.71. The number of benzene rings is 1. The molecule has 1 aromatic heterocycles. The molecule has 0 aliphatic rings. The van der Waals surface area contributed by atoms with Crippen LogP contribution in [0.25, 0.3) is 0 Å². The fraction of sp³-hybridized carbons (Fsp3) is 0.154. The molecule has 1 heterocycles. The summed E-state index contributed by atoms with van der Waals surface area (Å²) in [7, 11) is 0. The molecule has 0 spiro atoms. The van der Waals surface area contributed by atoms with E-state index < -0.39 is 11.0 Å². The first-order valence-corrected chi connectivity index (χ1v) is 6.11. The number of ether oxygens (including phenoxy) is 1. The summed E-state index contributed by atoms with van der Waals surface area (Å²) < 4.78 is 5.43. The molecular weight excluding hydrogens is 284 g/mol. The Morgan fingerprint density at radius 1 is 1.40 bits per heavy atom. The number of hydrogen-bond acceptors (Lipinski definition) is 5. The molecule has 104 valence electrons. The Morgan fingerprint density at radius 3 is 2.65 bits per heavy atom. The van der Waals surface area contributed by atoms with Gasteiger partial charge in [0.25, 0.3) is 5.69 Å². The zero-order valence-electron chi connectivity index (χ0n) is 10.5. The number of aliphatic hydroxyl groups excluding tert-OH is 1. The Morgan fingerprint density at radius 2 is 2.15 bits per heavy atom. The largest absolute Gasteiger partial charge is 0.437 e. The number of hydrogen-bond donors (Lipinski definition) is 1. The zero-order chi connectivity index (χ0) is 14.7. The smallest absolute Gasteiger partial charge is 0.271 e. The molecule has 0 fully saturated rings. The Bertz CT molecular complexity index is 629. The third kappa shape index (κ3) is 3.23. The van der Waals surface area contributed by atoms with E-state index in [2.05, 4.69) is 4.98 Å². The third-order valence-corrected chi connectivity index (χ3v) is 2.88. The normalized spacial score (nSPS) is 11.9. The van der Waals surface area contributed by atoms with Crippen LogP contribution >= 0.6 is 11.6 Å². The Hall–Kier alpha value is -2.18. The highest BCUT2D eigenvalue weighted by Crippen LogP contribution is 2.31. The second-order valence-electron chi connectivity index (χ2n) is 4.08. The number of aromatic nitrogens is 1. The van der Waals surface area contributed by atoms with Crippen LogP contribution in [0.2, 0.25) is 5.02 Å². The van der Waals surface area contributed by atoms with E-state index >= 15 is 0 Å². The Balaban J connectivity index is 2.19. The van der Waals surface area contributed by atoms with E-state index in [1.807, 2.05) is 0 Å². The van der Waals surface area contributed by atoms with Crippen LogP contribution in [-0.2, 0) is 0 Å². The number of nitrogens with zero attached hydrogens (tertiary/aromatic N) is 2. The van der Waals surface area contributed by atoms with Crippen molar-refractivity contribution in [2.75, 3.05) is 0 Å². The molecule has 0 bridgehead atoms. The van der Waals surface area contributed by atoms with Gasteiger partial charge in [-0.25, -0.2) is 4.98 Å². The Labute approximate surface area is 119 Å². The molecule has 2 aromatic rings. The van der Waals surface area contributed by atoms with Crippen molar-refractivity contribution in [3.05, 3.63) is 57.2 Å². The van der Waals surface area contributed by atoms with Crippen LogP contribution in [0.15, 0.2) is 36.5 Å². The van der Waals surface area contributed by atoms with Crippen LogP contribution in [0.4, 0.5) is 5.69 Å². The second-order valence-corrected chi connectivity index (χ2v) is 4.49. The van der Waals surface area contributed by atoms with Crippen molar-refractivity contribution < 1.29 is 14.8 Å². The van der Waals surface area contributed by atoms with E-state index in [1.165, 1.54) is 24.4 Å². The zero-order valence-corrected chi connectivity index (χ0v) is 11.2. The van der Waals surface area contributed by atoms with Gasteiger partial charge in [-0.3, -0.25) is 10.1 Å². The molecule has 1 atom stereocenters. The van der Waals surface area contributed by atoms with E-state index in [0.717, 1.165) is 0 Å². The van der Waals surface area contributed by atoms with E-state index in [0.29, 0.717) is 5.56 Å². The van der Waals surface area contributed by atoms with E-state index in [-0.39, 0.29) is 22.3 Å². The summed E-state index contributed by atoms with van der Waals surface area (Å²) in [5.74, 6) is 0.555. The lowest BCUT2D eigenvalue weighted by molar-refractivity contribution is -0.384. The maximum absolute atomic E-state index is 10.6. The summed E-state index contributed by atoms with van der Waals surface area (Å²) in [5, 5.41) is 20.1. The average Bonchev–Trinajstić information content (AvgIpc) is 2.41. The molecule has 7 heteroatoms. The van der Waals surface area contributed by atoms with Crippen LogP contribution in [-0.4, -0.2) is 15.0 Å². The molecule has 20 heavy (non-hydrogen) atoms. The van der Waals surface area contributed by atoms with E-state index in [4.69, 9.17) is 16.3 Å². The Kier molecular flexibility index (Phi) is 4.16. The lowest BCUT2D eigenvalue weighted by atomic mass is 10.2. The maximum atomic E-state index is 10.6. The lowest BCUT2D eigenvalue weighted by Crippen LogP contribution is -1.94. The summed E-state index contributed by atoms with van der Waals surface area (Å²) in [5.41, 5.74) is 0.548. The average molecular weight is 295 g/mol. The highest BCUT2D eigenvalue weighted by atomic mass is 35.5. The van der Waals surface area contributed by atoms with Gasteiger partial charge in [-0.2, -0.15) is 0 Å². The molecule has 1 aromatic carbocycles. The number of aliphatic hydroxyl groups is 1. The number of pyridine rings is 1. The van der Waals surface area contributed by atoms with Crippen molar-refractivity contribution in [1.82, 2.24) is 4.98 Å². The van der Waals surface area contributed by atoms with Crippen molar-refractivity contribution in [3.63, 3.8) is 0 Å². The molecule has 0 saturated heterocycles. The minimum absolute atomic E-state index is 0.111. The highest BCUT2D eigenvalue weighted by molar-refractivity contribution is 6.32. The second kappa shape index (κ2) is 5.85. The summed E-state index contributed by atoms with van der Waals surface area (Å²) >= 11 is 5.91. The molecule has 0 radical (unpaired) electrons. The van der Waals surface area contributed by atoms with Gasteiger partial charge in [-0.05, 0) is 24.6 Å². The minimum Gasteiger partial charge on any atom is -0.437 e. The topological polar surface area (TPSA) is 85.5 Å². The molecule has 6 nitrogen and oxygen atoms in total. The molecule has 0 aliphatic carbocycles. The third-order valence-electron chi connectivity index (χ3n) is 2.58.